The van der Waals surface area contributed by atoms with Crippen LogP contribution in [0.2, 0.25) is 0 Å². The van der Waals surface area contributed by atoms with Gasteiger partial charge in [-0.15, -0.1) is 0 Å². The van der Waals surface area contributed by atoms with Crippen LogP contribution in [0.25, 0.3) is 11.3 Å². The zero-order valence-electron chi connectivity index (χ0n) is 9.81. The molecule has 2 N–H and O–H groups in total. The maximum Gasteiger partial charge on any atom is 0.132 e. The van der Waals surface area contributed by atoms with Gasteiger partial charge in [-0.2, -0.15) is 0 Å². The monoisotopic (exact) mass is 230 g/mol. The number of hydrogen-bond acceptors (Lipinski definition) is 4. The molecule has 1 aromatic heterocycles. The minimum atomic E-state index is 0.593. The third-order valence-electron chi connectivity index (χ3n) is 2.50. The molecular weight excluding hydrogens is 216 g/mol. The van der Waals surface area contributed by atoms with Crippen LogP contribution in [0.1, 0.15) is 0 Å². The lowest BCUT2D eigenvalue weighted by atomic mass is 10.1. The lowest BCUT2D eigenvalue weighted by Crippen LogP contribution is -1.98. The summed E-state index contributed by atoms with van der Waals surface area (Å²) in [5.41, 5.74) is 7.96. The molecule has 0 saturated heterocycles. The minimum Gasteiger partial charge on any atom is -0.496 e. The van der Waals surface area contributed by atoms with Crippen LogP contribution in [0, 0.1) is 0 Å². The average molecular weight is 230 g/mol. The van der Waals surface area contributed by atoms with Crippen molar-refractivity contribution in [1.82, 2.24) is 4.98 Å². The number of rotatable bonds is 3. The average Bonchev–Trinajstić information content (AvgIpc) is 2.38. The van der Waals surface area contributed by atoms with Gasteiger partial charge in [0, 0.05) is 6.20 Å². The summed E-state index contributed by atoms with van der Waals surface area (Å²) in [5, 5.41) is 0. The SMILES string of the molecule is COc1cccc(OC)c1-c1ncccc1N. The summed E-state index contributed by atoms with van der Waals surface area (Å²) >= 11 is 0. The van der Waals surface area contributed by atoms with E-state index in [2.05, 4.69) is 4.98 Å². The van der Waals surface area contributed by atoms with E-state index in [-0.39, 0.29) is 0 Å². The number of nitrogen functional groups attached to an aromatic ring is 1. The highest BCUT2D eigenvalue weighted by Crippen LogP contribution is 2.39. The van der Waals surface area contributed by atoms with E-state index in [4.69, 9.17) is 15.2 Å². The van der Waals surface area contributed by atoms with Gasteiger partial charge in [0.2, 0.25) is 0 Å². The van der Waals surface area contributed by atoms with Crippen LogP contribution in [0.4, 0.5) is 5.69 Å². The summed E-state index contributed by atoms with van der Waals surface area (Å²) in [7, 11) is 3.22. The molecule has 0 bridgehead atoms. The molecule has 0 aliphatic carbocycles. The molecule has 0 aliphatic rings. The Morgan fingerprint density at radius 2 is 1.65 bits per heavy atom. The number of nitrogens with two attached hydrogens (primary N) is 1. The summed E-state index contributed by atoms with van der Waals surface area (Å²) in [5.74, 6) is 1.38. The van der Waals surface area contributed by atoms with E-state index < -0.39 is 0 Å². The van der Waals surface area contributed by atoms with Crippen LogP contribution in [0.15, 0.2) is 36.5 Å². The number of anilines is 1. The smallest absolute Gasteiger partial charge is 0.132 e. The van der Waals surface area contributed by atoms with Gasteiger partial charge in [-0.05, 0) is 24.3 Å². The number of nitrogens with zero attached hydrogens (tertiary/aromatic N) is 1. The Hall–Kier alpha value is -2.23. The van der Waals surface area contributed by atoms with E-state index in [1.54, 1.807) is 32.5 Å². The van der Waals surface area contributed by atoms with Gasteiger partial charge in [0.15, 0.2) is 0 Å². The molecule has 1 aromatic carbocycles. The zero-order valence-corrected chi connectivity index (χ0v) is 9.81. The van der Waals surface area contributed by atoms with Crippen molar-refractivity contribution in [2.45, 2.75) is 0 Å². The van der Waals surface area contributed by atoms with Crippen molar-refractivity contribution >= 4 is 5.69 Å². The van der Waals surface area contributed by atoms with Crippen LogP contribution in [0.3, 0.4) is 0 Å². The largest absolute Gasteiger partial charge is 0.496 e. The van der Waals surface area contributed by atoms with Gasteiger partial charge in [-0.1, -0.05) is 6.07 Å². The van der Waals surface area contributed by atoms with Gasteiger partial charge in [0.25, 0.3) is 0 Å². The van der Waals surface area contributed by atoms with Crippen LogP contribution < -0.4 is 15.2 Å². The quantitative estimate of drug-likeness (QED) is 0.879. The van der Waals surface area contributed by atoms with Gasteiger partial charge in [-0.25, -0.2) is 0 Å². The lowest BCUT2D eigenvalue weighted by molar-refractivity contribution is 0.397. The fraction of sp³-hybridized carbons (Fsp3) is 0.154. The fourth-order valence-corrected chi connectivity index (χ4v) is 1.71. The van der Waals surface area contributed by atoms with E-state index in [1.165, 1.54) is 0 Å². The van der Waals surface area contributed by atoms with Gasteiger partial charge in [-0.3, -0.25) is 4.98 Å². The molecule has 2 rings (SSSR count). The van der Waals surface area contributed by atoms with Crippen molar-refractivity contribution < 1.29 is 9.47 Å². The molecule has 0 amide bonds. The number of methoxy groups -OCH3 is 2. The van der Waals surface area contributed by atoms with Gasteiger partial charge >= 0.3 is 0 Å². The molecule has 0 fully saturated rings. The maximum absolute atomic E-state index is 5.93. The first-order valence-electron chi connectivity index (χ1n) is 5.19. The Kier molecular flexibility index (Phi) is 3.14. The standard InChI is InChI=1S/C13H14N2O2/c1-16-10-6-3-7-11(17-2)12(10)13-9(14)5-4-8-15-13/h3-8H,14H2,1-2H3. The van der Waals surface area contributed by atoms with Crippen molar-refractivity contribution in [1.29, 1.82) is 0 Å². The van der Waals surface area contributed by atoms with Crippen LogP contribution in [-0.2, 0) is 0 Å². The minimum absolute atomic E-state index is 0.593. The highest BCUT2D eigenvalue weighted by molar-refractivity contribution is 5.81. The Bertz CT molecular complexity index is 504. The first-order valence-corrected chi connectivity index (χ1v) is 5.19. The summed E-state index contributed by atoms with van der Waals surface area (Å²) in [6.45, 7) is 0. The molecular formula is C13H14N2O2. The fourth-order valence-electron chi connectivity index (χ4n) is 1.71. The molecule has 2 aromatic rings. The third kappa shape index (κ3) is 2.01. The van der Waals surface area contributed by atoms with Crippen molar-refractivity contribution in [2.75, 3.05) is 20.0 Å². The molecule has 88 valence electrons. The third-order valence-corrected chi connectivity index (χ3v) is 2.50. The number of hydrogen-bond donors (Lipinski definition) is 1. The molecule has 4 heteroatoms. The molecule has 0 unspecified atom stereocenters. The maximum atomic E-state index is 5.93. The first-order chi connectivity index (χ1) is 8.27. The molecule has 0 radical (unpaired) electrons. The van der Waals surface area contributed by atoms with Crippen molar-refractivity contribution in [3.63, 3.8) is 0 Å². The molecule has 0 spiro atoms. The van der Waals surface area contributed by atoms with Gasteiger partial charge < -0.3 is 15.2 Å². The molecule has 17 heavy (non-hydrogen) atoms. The van der Waals surface area contributed by atoms with E-state index in [0.717, 1.165) is 5.56 Å². The Balaban J connectivity index is 2.69. The van der Waals surface area contributed by atoms with Crippen LogP contribution >= 0.6 is 0 Å². The molecule has 0 saturated carbocycles. The number of pyridine rings is 1. The highest BCUT2D eigenvalue weighted by Gasteiger charge is 2.15. The number of aromatic nitrogens is 1. The second-order valence-electron chi connectivity index (χ2n) is 3.48. The Morgan fingerprint density at radius 1 is 1.00 bits per heavy atom. The predicted molar refractivity (Wildman–Crippen MR) is 67.2 cm³/mol. The predicted octanol–water partition coefficient (Wildman–Crippen LogP) is 2.35. The van der Waals surface area contributed by atoms with E-state index in [1.807, 2.05) is 18.2 Å². The Morgan fingerprint density at radius 3 is 2.18 bits per heavy atom. The van der Waals surface area contributed by atoms with Gasteiger partial charge in [0.05, 0.1) is 25.5 Å². The summed E-state index contributed by atoms with van der Waals surface area (Å²) in [6.07, 6.45) is 1.69. The summed E-state index contributed by atoms with van der Waals surface area (Å²) in [6, 6.07) is 9.16. The number of benzene rings is 1. The number of ether oxygens (including phenoxy) is 2. The second kappa shape index (κ2) is 4.74. The lowest BCUT2D eigenvalue weighted by Gasteiger charge is -2.13. The highest BCUT2D eigenvalue weighted by atomic mass is 16.5. The topological polar surface area (TPSA) is 57.4 Å². The van der Waals surface area contributed by atoms with Crippen molar-refractivity contribution in [2.24, 2.45) is 0 Å². The normalized spacial score (nSPS) is 10.0. The van der Waals surface area contributed by atoms with Crippen LogP contribution in [0.5, 0.6) is 11.5 Å². The molecule has 4 nitrogen and oxygen atoms in total. The molecule has 1 heterocycles. The summed E-state index contributed by atoms with van der Waals surface area (Å²) in [4.78, 5) is 4.28. The molecule has 0 aliphatic heterocycles. The molecule has 0 atom stereocenters. The first kappa shape index (κ1) is 11.3. The van der Waals surface area contributed by atoms with E-state index >= 15 is 0 Å². The van der Waals surface area contributed by atoms with E-state index in [0.29, 0.717) is 22.9 Å². The van der Waals surface area contributed by atoms with Crippen molar-refractivity contribution in [3.05, 3.63) is 36.5 Å². The van der Waals surface area contributed by atoms with Crippen molar-refractivity contribution in [3.8, 4) is 22.8 Å². The second-order valence-corrected chi connectivity index (χ2v) is 3.48. The van der Waals surface area contributed by atoms with Gasteiger partial charge in [0.1, 0.15) is 17.2 Å². The van der Waals surface area contributed by atoms with Crippen LogP contribution in [-0.4, -0.2) is 19.2 Å². The summed E-state index contributed by atoms with van der Waals surface area (Å²) < 4.78 is 10.6. The Labute approximate surface area is 100 Å². The zero-order chi connectivity index (χ0) is 12.3. The van der Waals surface area contributed by atoms with E-state index in [9.17, 15) is 0 Å².